The molecule has 0 aliphatic carbocycles. The normalized spacial score (nSPS) is 16.6. The third-order valence-corrected chi connectivity index (χ3v) is 3.72. The molecule has 1 fully saturated rings. The van der Waals surface area contributed by atoms with Crippen LogP contribution in [0.15, 0.2) is 18.2 Å². The zero-order chi connectivity index (χ0) is 13.9. The Labute approximate surface area is 114 Å². The predicted octanol–water partition coefficient (Wildman–Crippen LogP) is 2.16. The molecule has 1 aromatic rings. The van der Waals surface area contributed by atoms with E-state index in [2.05, 4.69) is 37.4 Å². The summed E-state index contributed by atoms with van der Waals surface area (Å²) in [6, 6.07) is 6.24. The first kappa shape index (κ1) is 13.9. The number of methoxy groups -OCH3 is 1. The highest BCUT2D eigenvalue weighted by Gasteiger charge is 2.47. The monoisotopic (exact) mass is 263 g/mol. The van der Waals surface area contributed by atoms with Crippen molar-refractivity contribution in [3.05, 3.63) is 29.3 Å². The van der Waals surface area contributed by atoms with Crippen molar-refractivity contribution in [1.82, 2.24) is 0 Å². The van der Waals surface area contributed by atoms with Crippen molar-refractivity contribution in [2.24, 2.45) is 5.41 Å². The van der Waals surface area contributed by atoms with Gasteiger partial charge in [0.1, 0.15) is 5.41 Å². The zero-order valence-corrected chi connectivity index (χ0v) is 11.8. The molecule has 0 aromatic heterocycles. The summed E-state index contributed by atoms with van der Waals surface area (Å²) in [5, 5.41) is 3.41. The average Bonchev–Trinajstić information content (AvgIpc) is 2.38. The van der Waals surface area contributed by atoms with Gasteiger partial charge in [-0.25, -0.2) is 0 Å². The first-order chi connectivity index (χ1) is 9.13. The molecule has 1 aromatic carbocycles. The molecule has 0 saturated carbocycles. The quantitative estimate of drug-likeness (QED) is 0.827. The van der Waals surface area contributed by atoms with Gasteiger partial charge in [0.15, 0.2) is 0 Å². The summed E-state index contributed by atoms with van der Waals surface area (Å²) >= 11 is 0. The first-order valence-corrected chi connectivity index (χ1v) is 6.61. The molecule has 4 heteroatoms. The van der Waals surface area contributed by atoms with Crippen LogP contribution in [-0.2, 0) is 20.7 Å². The Hall–Kier alpha value is -1.55. The summed E-state index contributed by atoms with van der Waals surface area (Å²) in [4.78, 5) is 11.8. The second-order valence-corrected chi connectivity index (χ2v) is 5.08. The molecular formula is C15H21NO3. The van der Waals surface area contributed by atoms with Gasteiger partial charge in [-0.3, -0.25) is 4.79 Å². The summed E-state index contributed by atoms with van der Waals surface area (Å²) < 4.78 is 10.1. The van der Waals surface area contributed by atoms with Gasteiger partial charge in [0.05, 0.1) is 20.3 Å². The number of hydrogen-bond donors (Lipinski definition) is 1. The first-order valence-electron chi connectivity index (χ1n) is 6.61. The van der Waals surface area contributed by atoms with Gasteiger partial charge < -0.3 is 14.8 Å². The smallest absolute Gasteiger partial charge is 0.318 e. The molecule has 4 nitrogen and oxygen atoms in total. The lowest BCUT2D eigenvalue weighted by Crippen LogP contribution is -2.54. The van der Waals surface area contributed by atoms with Crippen LogP contribution < -0.4 is 5.32 Å². The molecule has 1 aliphatic heterocycles. The van der Waals surface area contributed by atoms with Crippen LogP contribution in [0.3, 0.4) is 0 Å². The number of para-hydroxylation sites is 1. The SMILES string of the molecule is CCc1cccc(C)c1NCC1(C(=O)OC)COC1. The topological polar surface area (TPSA) is 47.6 Å². The van der Waals surface area contributed by atoms with E-state index in [9.17, 15) is 4.79 Å². The van der Waals surface area contributed by atoms with E-state index >= 15 is 0 Å². The fourth-order valence-electron chi connectivity index (χ4n) is 2.39. The Kier molecular flexibility index (Phi) is 4.10. The minimum Gasteiger partial charge on any atom is -0.468 e. The number of carbonyl (C=O) groups excluding carboxylic acids is 1. The van der Waals surface area contributed by atoms with E-state index in [0.717, 1.165) is 12.1 Å². The number of hydrogen-bond acceptors (Lipinski definition) is 4. The van der Waals surface area contributed by atoms with Crippen LogP contribution >= 0.6 is 0 Å². The van der Waals surface area contributed by atoms with Crippen molar-refractivity contribution in [1.29, 1.82) is 0 Å². The summed E-state index contributed by atoms with van der Waals surface area (Å²) in [6.07, 6.45) is 0.964. The summed E-state index contributed by atoms with van der Waals surface area (Å²) in [5.41, 5.74) is 3.06. The summed E-state index contributed by atoms with van der Waals surface area (Å²) in [6.45, 7) is 5.61. The number of anilines is 1. The molecule has 0 radical (unpaired) electrons. The van der Waals surface area contributed by atoms with Crippen LogP contribution in [0.25, 0.3) is 0 Å². The second kappa shape index (κ2) is 5.61. The van der Waals surface area contributed by atoms with Crippen molar-refractivity contribution in [3.8, 4) is 0 Å². The fraction of sp³-hybridized carbons (Fsp3) is 0.533. The van der Waals surface area contributed by atoms with Crippen molar-refractivity contribution in [2.45, 2.75) is 20.3 Å². The number of ether oxygens (including phenoxy) is 2. The third-order valence-electron chi connectivity index (χ3n) is 3.72. The zero-order valence-electron chi connectivity index (χ0n) is 11.8. The molecule has 19 heavy (non-hydrogen) atoms. The molecule has 104 valence electrons. The van der Waals surface area contributed by atoms with E-state index in [4.69, 9.17) is 9.47 Å². The molecule has 1 saturated heterocycles. The Morgan fingerprint density at radius 3 is 2.74 bits per heavy atom. The molecule has 0 amide bonds. The lowest BCUT2D eigenvalue weighted by atomic mass is 9.85. The van der Waals surface area contributed by atoms with E-state index in [1.54, 1.807) is 0 Å². The van der Waals surface area contributed by atoms with Crippen LogP contribution in [0, 0.1) is 12.3 Å². The van der Waals surface area contributed by atoms with E-state index in [-0.39, 0.29) is 5.97 Å². The lowest BCUT2D eigenvalue weighted by Gasteiger charge is -2.39. The van der Waals surface area contributed by atoms with Gasteiger partial charge in [-0.15, -0.1) is 0 Å². The molecule has 2 rings (SSSR count). The largest absolute Gasteiger partial charge is 0.468 e. The van der Waals surface area contributed by atoms with Crippen molar-refractivity contribution in [3.63, 3.8) is 0 Å². The Morgan fingerprint density at radius 1 is 1.47 bits per heavy atom. The number of carbonyl (C=O) groups is 1. The van der Waals surface area contributed by atoms with E-state index in [1.807, 2.05) is 0 Å². The number of rotatable bonds is 5. The van der Waals surface area contributed by atoms with Gasteiger partial charge in [0.25, 0.3) is 0 Å². The van der Waals surface area contributed by atoms with Crippen LogP contribution in [0.2, 0.25) is 0 Å². The Balaban J connectivity index is 2.12. The van der Waals surface area contributed by atoms with Crippen LogP contribution in [0.4, 0.5) is 5.69 Å². The summed E-state index contributed by atoms with van der Waals surface area (Å²) in [7, 11) is 1.42. The molecule has 1 heterocycles. The minimum absolute atomic E-state index is 0.196. The van der Waals surface area contributed by atoms with Crippen LogP contribution in [0.1, 0.15) is 18.1 Å². The standard InChI is InChI=1S/C15H21NO3/c1-4-12-7-5-6-11(2)13(12)16-8-15(9-19-10-15)14(17)18-3/h5-7,16H,4,8-10H2,1-3H3. The van der Waals surface area contributed by atoms with Crippen molar-refractivity contribution >= 4 is 11.7 Å². The Bertz CT molecular complexity index is 466. The molecule has 0 unspecified atom stereocenters. The average molecular weight is 263 g/mol. The number of nitrogens with one attached hydrogen (secondary N) is 1. The maximum absolute atomic E-state index is 11.8. The highest BCUT2D eigenvalue weighted by atomic mass is 16.5. The fourth-order valence-corrected chi connectivity index (χ4v) is 2.39. The van der Waals surface area contributed by atoms with Crippen molar-refractivity contribution < 1.29 is 14.3 Å². The van der Waals surface area contributed by atoms with Crippen LogP contribution in [0.5, 0.6) is 0 Å². The molecule has 0 spiro atoms. The predicted molar refractivity (Wildman–Crippen MR) is 74.3 cm³/mol. The maximum atomic E-state index is 11.8. The second-order valence-electron chi connectivity index (χ2n) is 5.08. The number of esters is 1. The Morgan fingerprint density at radius 2 is 2.21 bits per heavy atom. The van der Waals surface area contributed by atoms with Gasteiger partial charge in [-0.05, 0) is 24.5 Å². The highest BCUT2D eigenvalue weighted by Crippen LogP contribution is 2.31. The van der Waals surface area contributed by atoms with E-state index in [1.165, 1.54) is 18.2 Å². The molecular weight excluding hydrogens is 242 g/mol. The van der Waals surface area contributed by atoms with Gasteiger partial charge in [-0.2, -0.15) is 0 Å². The van der Waals surface area contributed by atoms with Crippen LogP contribution in [-0.4, -0.2) is 32.8 Å². The number of aryl methyl sites for hydroxylation is 2. The molecule has 0 bridgehead atoms. The molecule has 0 atom stereocenters. The van der Waals surface area contributed by atoms with Gasteiger partial charge in [0, 0.05) is 12.2 Å². The molecule has 1 N–H and O–H groups in total. The van der Waals surface area contributed by atoms with E-state index < -0.39 is 5.41 Å². The van der Waals surface area contributed by atoms with Gasteiger partial charge in [-0.1, -0.05) is 25.1 Å². The number of benzene rings is 1. The van der Waals surface area contributed by atoms with E-state index in [0.29, 0.717) is 19.8 Å². The highest BCUT2D eigenvalue weighted by molar-refractivity contribution is 5.79. The third kappa shape index (κ3) is 2.59. The van der Waals surface area contributed by atoms with Crippen molar-refractivity contribution in [2.75, 3.05) is 32.2 Å². The summed E-state index contributed by atoms with van der Waals surface area (Å²) in [5.74, 6) is -0.196. The molecule has 1 aliphatic rings. The van der Waals surface area contributed by atoms with Gasteiger partial charge in [0.2, 0.25) is 0 Å². The van der Waals surface area contributed by atoms with Gasteiger partial charge >= 0.3 is 5.97 Å². The lowest BCUT2D eigenvalue weighted by molar-refractivity contribution is -0.180. The minimum atomic E-state index is -0.526. The maximum Gasteiger partial charge on any atom is 0.318 e.